The maximum Gasteiger partial charge on any atom is 0.305 e. The van der Waals surface area contributed by atoms with Gasteiger partial charge in [-0.1, -0.05) is 75.4 Å². The number of hydrogen-bond donors (Lipinski definition) is 2. The van der Waals surface area contributed by atoms with Gasteiger partial charge in [-0.2, -0.15) is 0 Å². The number of pyridine rings is 1. The molecule has 0 radical (unpaired) electrons. The van der Waals surface area contributed by atoms with Gasteiger partial charge < -0.3 is 15.3 Å². The number of benzene rings is 3. The molecule has 1 fully saturated rings. The van der Waals surface area contributed by atoms with E-state index in [-0.39, 0.29) is 36.2 Å². The van der Waals surface area contributed by atoms with Crippen molar-refractivity contribution < 1.29 is 19.5 Å². The fraction of sp³-hybridized carbons (Fsp3) is 0.359. The van der Waals surface area contributed by atoms with Crippen molar-refractivity contribution in [2.45, 2.75) is 71.5 Å². The molecule has 2 amide bonds. The van der Waals surface area contributed by atoms with Crippen molar-refractivity contribution in [2.75, 3.05) is 6.54 Å². The second kappa shape index (κ2) is 12.7. The highest BCUT2D eigenvalue weighted by molar-refractivity contribution is 6.47. The molecular formula is C39H42N4O4. The SMILES string of the molecule is CC(c1ccc(C(=O)NCCC(=O)O)cc1)N1C(=O)C(c2cccc(-c3cccc4cccnc34)c2)=NC12CCC(C(C)(C)C)CC2. The molecule has 1 spiro atoms. The molecule has 1 atom stereocenters. The first-order chi connectivity index (χ1) is 22.5. The average Bonchev–Trinajstić information content (AvgIpc) is 3.34. The molecule has 1 aliphatic heterocycles. The summed E-state index contributed by atoms with van der Waals surface area (Å²) in [5, 5.41) is 12.6. The highest BCUT2D eigenvalue weighted by atomic mass is 16.4. The summed E-state index contributed by atoms with van der Waals surface area (Å²) < 4.78 is 0. The Kier molecular flexibility index (Phi) is 8.70. The van der Waals surface area contributed by atoms with Crippen molar-refractivity contribution in [1.29, 1.82) is 0 Å². The molecule has 0 saturated heterocycles. The minimum absolute atomic E-state index is 0.0605. The standard InChI is InChI=1S/C39H42N4O4/c1-25(26-13-15-28(16-14-26)36(46)41-23-19-33(44)45)43-37(47)35(42-39(43)20-17-31(18-21-39)38(2,3)4)30-10-5-9-29(24-30)32-12-6-8-27-11-7-22-40-34(27)32/h5-16,22,24-25,31H,17-21,23H2,1-4H3,(H,41,46)(H,44,45). The summed E-state index contributed by atoms with van der Waals surface area (Å²) in [7, 11) is 0. The van der Waals surface area contributed by atoms with Crippen molar-refractivity contribution in [3.05, 3.63) is 102 Å². The zero-order chi connectivity index (χ0) is 33.3. The smallest absolute Gasteiger partial charge is 0.305 e. The molecule has 4 aromatic rings. The summed E-state index contributed by atoms with van der Waals surface area (Å²) in [6, 6.07) is 25.1. The van der Waals surface area contributed by atoms with Crippen LogP contribution in [0.2, 0.25) is 0 Å². The number of carbonyl (C=O) groups is 3. The third-order valence-electron chi connectivity index (χ3n) is 9.95. The normalized spacial score (nSPS) is 20.3. The first-order valence-corrected chi connectivity index (χ1v) is 16.4. The van der Waals surface area contributed by atoms with Crippen LogP contribution >= 0.6 is 0 Å². The number of fused-ring (bicyclic) bond motifs is 1. The second-order valence-corrected chi connectivity index (χ2v) is 13.9. The van der Waals surface area contributed by atoms with Gasteiger partial charge in [0.15, 0.2) is 0 Å². The molecular weight excluding hydrogens is 588 g/mol. The van der Waals surface area contributed by atoms with E-state index in [9.17, 15) is 14.4 Å². The number of para-hydroxylation sites is 1. The van der Waals surface area contributed by atoms with Crippen LogP contribution in [0.5, 0.6) is 0 Å². The number of aromatic nitrogens is 1. The number of hydrogen-bond acceptors (Lipinski definition) is 5. The molecule has 2 heterocycles. The fourth-order valence-electron chi connectivity index (χ4n) is 7.25. The first-order valence-electron chi connectivity index (χ1n) is 16.4. The molecule has 1 aliphatic carbocycles. The summed E-state index contributed by atoms with van der Waals surface area (Å²) in [6.07, 6.45) is 5.19. The van der Waals surface area contributed by atoms with E-state index in [1.165, 1.54) is 0 Å². The largest absolute Gasteiger partial charge is 0.481 e. The maximum absolute atomic E-state index is 14.6. The summed E-state index contributed by atoms with van der Waals surface area (Å²) in [4.78, 5) is 49.9. The van der Waals surface area contributed by atoms with Gasteiger partial charge >= 0.3 is 5.97 Å². The Labute approximate surface area is 275 Å². The van der Waals surface area contributed by atoms with Gasteiger partial charge in [-0.15, -0.1) is 0 Å². The van der Waals surface area contributed by atoms with Gasteiger partial charge in [-0.3, -0.25) is 24.4 Å². The highest BCUT2D eigenvalue weighted by Gasteiger charge is 2.52. The molecule has 242 valence electrons. The molecule has 6 rings (SSSR count). The average molecular weight is 631 g/mol. The summed E-state index contributed by atoms with van der Waals surface area (Å²) in [5.41, 5.74) is 5.05. The van der Waals surface area contributed by atoms with Crippen LogP contribution in [0.1, 0.15) is 87.3 Å². The summed E-state index contributed by atoms with van der Waals surface area (Å²) in [6.45, 7) is 8.96. The third kappa shape index (κ3) is 6.42. The molecule has 8 heteroatoms. The van der Waals surface area contributed by atoms with E-state index in [1.807, 2.05) is 48.2 Å². The molecule has 47 heavy (non-hydrogen) atoms. The van der Waals surface area contributed by atoms with E-state index in [2.05, 4.69) is 61.4 Å². The predicted molar refractivity (Wildman–Crippen MR) is 184 cm³/mol. The van der Waals surface area contributed by atoms with Crippen LogP contribution in [-0.2, 0) is 9.59 Å². The number of carboxylic acids is 1. The van der Waals surface area contributed by atoms with Gasteiger partial charge in [0.2, 0.25) is 0 Å². The van der Waals surface area contributed by atoms with Crippen molar-refractivity contribution in [3.63, 3.8) is 0 Å². The lowest BCUT2D eigenvalue weighted by Crippen LogP contribution is -2.50. The van der Waals surface area contributed by atoms with E-state index in [4.69, 9.17) is 10.1 Å². The molecule has 1 aromatic heterocycles. The number of rotatable bonds is 8. The van der Waals surface area contributed by atoms with E-state index in [0.29, 0.717) is 17.2 Å². The molecule has 1 saturated carbocycles. The van der Waals surface area contributed by atoms with E-state index >= 15 is 0 Å². The van der Waals surface area contributed by atoms with E-state index in [0.717, 1.165) is 58.8 Å². The van der Waals surface area contributed by atoms with Gasteiger partial charge in [0.05, 0.1) is 18.0 Å². The van der Waals surface area contributed by atoms with Crippen molar-refractivity contribution >= 4 is 34.4 Å². The molecule has 0 bridgehead atoms. The van der Waals surface area contributed by atoms with Gasteiger partial charge in [-0.25, -0.2) is 0 Å². The quantitative estimate of drug-likeness (QED) is 0.210. The number of carbonyl (C=O) groups excluding carboxylic acids is 2. The topological polar surface area (TPSA) is 112 Å². The van der Waals surface area contributed by atoms with Crippen LogP contribution < -0.4 is 5.32 Å². The molecule has 2 aliphatic rings. The molecule has 8 nitrogen and oxygen atoms in total. The van der Waals surface area contributed by atoms with Gasteiger partial charge in [0.1, 0.15) is 11.4 Å². The Morgan fingerprint density at radius 3 is 2.36 bits per heavy atom. The Hall–Kier alpha value is -4.85. The van der Waals surface area contributed by atoms with Crippen LogP contribution in [0, 0.1) is 11.3 Å². The van der Waals surface area contributed by atoms with Crippen LogP contribution in [0.3, 0.4) is 0 Å². The van der Waals surface area contributed by atoms with Crippen LogP contribution in [0.4, 0.5) is 0 Å². The summed E-state index contributed by atoms with van der Waals surface area (Å²) in [5.74, 6) is -0.836. The number of aliphatic imine (C=N–C) groups is 1. The zero-order valence-corrected chi connectivity index (χ0v) is 27.5. The van der Waals surface area contributed by atoms with Crippen LogP contribution in [-0.4, -0.2) is 50.7 Å². The molecule has 2 N–H and O–H groups in total. The van der Waals surface area contributed by atoms with Gasteiger partial charge in [0.25, 0.3) is 11.8 Å². The maximum atomic E-state index is 14.6. The van der Waals surface area contributed by atoms with Crippen molar-refractivity contribution in [1.82, 2.24) is 15.2 Å². The number of amides is 2. The first kappa shape index (κ1) is 32.1. The van der Waals surface area contributed by atoms with Crippen molar-refractivity contribution in [3.8, 4) is 11.1 Å². The third-order valence-corrected chi connectivity index (χ3v) is 9.95. The van der Waals surface area contributed by atoms with E-state index < -0.39 is 11.6 Å². The van der Waals surface area contributed by atoms with Crippen LogP contribution in [0.25, 0.3) is 22.0 Å². The minimum Gasteiger partial charge on any atom is -0.481 e. The monoisotopic (exact) mass is 630 g/mol. The number of aliphatic carboxylic acids is 1. The second-order valence-electron chi connectivity index (χ2n) is 13.9. The highest BCUT2D eigenvalue weighted by Crippen LogP contribution is 2.49. The number of nitrogens with zero attached hydrogens (tertiary/aromatic N) is 3. The molecule has 1 unspecified atom stereocenters. The fourth-order valence-corrected chi connectivity index (χ4v) is 7.25. The lowest BCUT2D eigenvalue weighted by molar-refractivity contribution is -0.137. The minimum atomic E-state index is -0.964. The van der Waals surface area contributed by atoms with Gasteiger partial charge in [0, 0.05) is 34.8 Å². The number of carboxylic acid groups (broad SMARTS) is 1. The Morgan fingerprint density at radius 1 is 0.979 bits per heavy atom. The predicted octanol–water partition coefficient (Wildman–Crippen LogP) is 7.43. The van der Waals surface area contributed by atoms with Crippen LogP contribution in [0.15, 0.2) is 90.1 Å². The Bertz CT molecular complexity index is 1840. The Morgan fingerprint density at radius 2 is 1.66 bits per heavy atom. The Balaban J connectivity index is 1.33. The lowest BCUT2D eigenvalue weighted by Gasteiger charge is -2.46. The van der Waals surface area contributed by atoms with Crippen molar-refractivity contribution in [2.24, 2.45) is 16.3 Å². The number of nitrogens with one attached hydrogen (secondary N) is 1. The lowest BCUT2D eigenvalue weighted by atomic mass is 9.69. The summed E-state index contributed by atoms with van der Waals surface area (Å²) >= 11 is 0. The van der Waals surface area contributed by atoms with E-state index in [1.54, 1.807) is 18.3 Å². The zero-order valence-electron chi connectivity index (χ0n) is 27.5. The van der Waals surface area contributed by atoms with Gasteiger partial charge in [-0.05, 0) is 79.3 Å². The molecule has 3 aromatic carbocycles.